The van der Waals surface area contributed by atoms with Crippen molar-refractivity contribution in [2.75, 3.05) is 25.0 Å². The minimum Gasteiger partial charge on any atom is -0.372 e. The van der Waals surface area contributed by atoms with E-state index in [0.717, 1.165) is 24.3 Å². The number of hydrogen-bond donors (Lipinski definition) is 0. The Labute approximate surface area is 163 Å². The number of anilines is 1. The molecule has 0 saturated carbocycles. The minimum atomic E-state index is -0.407. The van der Waals surface area contributed by atoms with E-state index in [9.17, 15) is 9.18 Å². The van der Waals surface area contributed by atoms with Gasteiger partial charge in [-0.05, 0) is 61.5 Å². The first-order chi connectivity index (χ1) is 13.0. The smallest absolute Gasteiger partial charge is 0.266 e. The molecule has 27 heavy (non-hydrogen) atoms. The number of halogens is 1. The molecule has 0 aliphatic carbocycles. The van der Waals surface area contributed by atoms with Crippen LogP contribution >= 0.6 is 11.8 Å². The summed E-state index contributed by atoms with van der Waals surface area (Å²) in [5, 5.41) is 0.469. The molecule has 6 heteroatoms. The summed E-state index contributed by atoms with van der Waals surface area (Å²) >= 11 is 1.26. The minimum absolute atomic E-state index is 0.136. The van der Waals surface area contributed by atoms with Gasteiger partial charge in [0.25, 0.3) is 5.91 Å². The second kappa shape index (κ2) is 8.39. The lowest BCUT2D eigenvalue weighted by Gasteiger charge is -2.20. The van der Waals surface area contributed by atoms with Crippen molar-refractivity contribution in [2.24, 2.45) is 4.99 Å². The Bertz CT molecular complexity index is 889. The fourth-order valence-corrected chi connectivity index (χ4v) is 3.80. The van der Waals surface area contributed by atoms with Crippen molar-refractivity contribution in [3.63, 3.8) is 0 Å². The van der Waals surface area contributed by atoms with Crippen LogP contribution in [0.2, 0.25) is 0 Å². The highest BCUT2D eigenvalue weighted by Gasteiger charge is 2.30. The molecule has 1 aliphatic heterocycles. The van der Waals surface area contributed by atoms with Crippen LogP contribution in [0.4, 0.5) is 15.8 Å². The normalized spacial score (nSPS) is 17.2. The van der Waals surface area contributed by atoms with E-state index in [4.69, 9.17) is 0 Å². The quantitative estimate of drug-likeness (QED) is 0.689. The van der Waals surface area contributed by atoms with Gasteiger partial charge < -0.3 is 4.90 Å². The Kier molecular flexibility index (Phi) is 5.96. The topological polar surface area (TPSA) is 35.9 Å². The van der Waals surface area contributed by atoms with Crippen LogP contribution in [0.15, 0.2) is 58.4 Å². The third kappa shape index (κ3) is 4.22. The number of rotatable bonds is 5. The molecule has 0 unspecified atom stereocenters. The van der Waals surface area contributed by atoms with E-state index in [1.807, 2.05) is 18.2 Å². The highest BCUT2D eigenvalue weighted by atomic mass is 32.2. The van der Waals surface area contributed by atoms with Crippen LogP contribution in [-0.4, -0.2) is 36.1 Å². The Morgan fingerprint density at radius 3 is 2.41 bits per heavy atom. The van der Waals surface area contributed by atoms with Gasteiger partial charge in [-0.15, -0.1) is 0 Å². The third-order valence-corrected chi connectivity index (χ3v) is 5.45. The lowest BCUT2D eigenvalue weighted by Crippen LogP contribution is -2.23. The lowest BCUT2D eigenvalue weighted by atomic mass is 10.1. The van der Waals surface area contributed by atoms with Crippen molar-refractivity contribution < 1.29 is 9.18 Å². The predicted molar refractivity (Wildman–Crippen MR) is 112 cm³/mol. The number of thioether (sulfide) groups is 1. The van der Waals surface area contributed by atoms with E-state index in [1.54, 1.807) is 25.2 Å². The first kappa shape index (κ1) is 19.2. The van der Waals surface area contributed by atoms with E-state index in [2.05, 4.69) is 35.9 Å². The van der Waals surface area contributed by atoms with Gasteiger partial charge in [0.05, 0.1) is 4.91 Å². The number of aliphatic imine (C=N–C) groups is 1. The van der Waals surface area contributed by atoms with Gasteiger partial charge in [0.15, 0.2) is 5.17 Å². The molecule has 2 aromatic carbocycles. The van der Waals surface area contributed by atoms with Crippen LogP contribution in [0.1, 0.15) is 19.4 Å². The number of hydrogen-bond acceptors (Lipinski definition) is 4. The highest BCUT2D eigenvalue weighted by Crippen LogP contribution is 2.33. The van der Waals surface area contributed by atoms with Crippen LogP contribution in [-0.2, 0) is 4.79 Å². The van der Waals surface area contributed by atoms with E-state index >= 15 is 0 Å². The van der Waals surface area contributed by atoms with Crippen molar-refractivity contribution in [3.8, 4) is 0 Å². The van der Waals surface area contributed by atoms with Gasteiger partial charge in [-0.3, -0.25) is 9.69 Å². The first-order valence-corrected chi connectivity index (χ1v) is 9.71. The molecule has 1 amide bonds. The average molecular weight is 383 g/mol. The molecular formula is C21H22FN3OS. The fraction of sp³-hybridized carbons (Fsp3) is 0.238. The summed E-state index contributed by atoms with van der Waals surface area (Å²) in [4.78, 5) is 21.1. The van der Waals surface area contributed by atoms with Gasteiger partial charge in [-0.25, -0.2) is 9.38 Å². The molecule has 2 aromatic rings. The maximum atomic E-state index is 13.8. The Hall–Kier alpha value is -2.60. The van der Waals surface area contributed by atoms with Gasteiger partial charge in [0, 0.05) is 25.8 Å². The molecule has 1 saturated heterocycles. The molecule has 0 radical (unpaired) electrons. The number of carbonyl (C=O) groups excluding carboxylic acids is 1. The number of benzene rings is 2. The van der Waals surface area contributed by atoms with Crippen LogP contribution in [0.25, 0.3) is 6.08 Å². The summed E-state index contributed by atoms with van der Waals surface area (Å²) in [6, 6.07) is 14.4. The molecule has 4 nitrogen and oxygen atoms in total. The molecule has 0 N–H and O–H groups in total. The Morgan fingerprint density at radius 1 is 1.11 bits per heavy atom. The summed E-state index contributed by atoms with van der Waals surface area (Å²) in [5.74, 6) is -0.543. The summed E-state index contributed by atoms with van der Waals surface area (Å²) < 4.78 is 13.8. The molecule has 140 valence electrons. The maximum Gasteiger partial charge on any atom is 0.266 e. The standard InChI is InChI=1S/C21H22FN3OS/c1-4-25(5-2)16-12-10-15(11-13-16)14-19-20(26)24(3)21(27-19)23-18-9-7-6-8-17(18)22/h6-14H,4-5H2,1-3H3/b19-14+,23-21?. The van der Waals surface area contributed by atoms with E-state index < -0.39 is 5.82 Å². The third-order valence-electron chi connectivity index (χ3n) is 4.39. The summed E-state index contributed by atoms with van der Waals surface area (Å²) in [5.41, 5.74) is 2.33. The van der Waals surface area contributed by atoms with Gasteiger partial charge >= 0.3 is 0 Å². The molecular weight excluding hydrogens is 361 g/mol. The SMILES string of the molecule is CCN(CC)c1ccc(/C=C2/SC(=Nc3ccccc3F)N(C)C2=O)cc1. The first-order valence-electron chi connectivity index (χ1n) is 8.89. The average Bonchev–Trinajstić information content (AvgIpc) is 2.94. The summed E-state index contributed by atoms with van der Waals surface area (Å²) in [6.07, 6.45) is 1.85. The van der Waals surface area contributed by atoms with Gasteiger partial charge in [-0.2, -0.15) is 0 Å². The van der Waals surface area contributed by atoms with Crippen molar-refractivity contribution in [1.82, 2.24) is 4.90 Å². The van der Waals surface area contributed by atoms with Gasteiger partial charge in [0.1, 0.15) is 11.5 Å². The largest absolute Gasteiger partial charge is 0.372 e. The van der Waals surface area contributed by atoms with Crippen LogP contribution in [0, 0.1) is 5.82 Å². The second-order valence-electron chi connectivity index (χ2n) is 6.08. The van der Waals surface area contributed by atoms with Gasteiger partial charge in [-0.1, -0.05) is 24.3 Å². The number of carbonyl (C=O) groups is 1. The number of amides is 1. The molecule has 1 aliphatic rings. The van der Waals surface area contributed by atoms with Crippen molar-refractivity contribution in [1.29, 1.82) is 0 Å². The van der Waals surface area contributed by atoms with E-state index in [0.29, 0.717) is 10.1 Å². The lowest BCUT2D eigenvalue weighted by molar-refractivity contribution is -0.121. The van der Waals surface area contributed by atoms with Crippen LogP contribution < -0.4 is 4.90 Å². The van der Waals surface area contributed by atoms with Crippen molar-refractivity contribution in [3.05, 3.63) is 64.8 Å². The van der Waals surface area contributed by atoms with Crippen LogP contribution in [0.5, 0.6) is 0 Å². The van der Waals surface area contributed by atoms with Gasteiger partial charge in [0.2, 0.25) is 0 Å². The Morgan fingerprint density at radius 2 is 1.78 bits per heavy atom. The number of likely N-dealkylation sites (N-methyl/N-ethyl adjacent to an activating group) is 1. The predicted octanol–water partition coefficient (Wildman–Crippen LogP) is 4.91. The summed E-state index contributed by atoms with van der Waals surface area (Å²) in [7, 11) is 1.65. The highest BCUT2D eigenvalue weighted by molar-refractivity contribution is 8.18. The van der Waals surface area contributed by atoms with Crippen molar-refractivity contribution in [2.45, 2.75) is 13.8 Å². The van der Waals surface area contributed by atoms with E-state index in [1.165, 1.54) is 22.7 Å². The number of para-hydroxylation sites is 1. The second-order valence-corrected chi connectivity index (χ2v) is 7.09. The molecule has 1 heterocycles. The molecule has 0 spiro atoms. The zero-order chi connectivity index (χ0) is 19.4. The number of amidine groups is 1. The summed E-state index contributed by atoms with van der Waals surface area (Å²) in [6.45, 7) is 6.15. The molecule has 1 fully saturated rings. The molecule has 0 aromatic heterocycles. The molecule has 0 atom stereocenters. The van der Waals surface area contributed by atoms with E-state index in [-0.39, 0.29) is 11.6 Å². The van der Waals surface area contributed by atoms with Crippen LogP contribution in [0.3, 0.4) is 0 Å². The monoisotopic (exact) mass is 383 g/mol. The number of nitrogens with zero attached hydrogens (tertiary/aromatic N) is 3. The Balaban J connectivity index is 1.83. The fourth-order valence-electron chi connectivity index (χ4n) is 2.82. The molecule has 0 bridgehead atoms. The van der Waals surface area contributed by atoms with Crippen molar-refractivity contribution >= 4 is 40.3 Å². The zero-order valence-electron chi connectivity index (χ0n) is 15.6. The maximum absolute atomic E-state index is 13.8. The molecule has 3 rings (SSSR count). The zero-order valence-corrected chi connectivity index (χ0v) is 16.5.